The Balaban J connectivity index is 1.22. The van der Waals surface area contributed by atoms with Gasteiger partial charge in [-0.05, 0) is 86.3 Å². The molecule has 2 heterocycles. The summed E-state index contributed by atoms with van der Waals surface area (Å²) in [6.07, 6.45) is 1.86. The summed E-state index contributed by atoms with van der Waals surface area (Å²) in [7, 11) is 0. The molecular weight excluding hydrogens is 560 g/mol. The Hall–Kier alpha value is -6.19. The van der Waals surface area contributed by atoms with Gasteiger partial charge in [0.15, 0.2) is 5.58 Å². The zero-order valence-corrected chi connectivity index (χ0v) is 25.0. The Bertz CT molecular complexity index is 2520. The molecule has 9 aromatic rings. The van der Waals surface area contributed by atoms with Gasteiger partial charge in [0.2, 0.25) is 0 Å². The van der Waals surface area contributed by atoms with E-state index in [4.69, 9.17) is 9.40 Å². The van der Waals surface area contributed by atoms with E-state index in [1.54, 1.807) is 0 Å². The minimum absolute atomic E-state index is 0.779. The Kier molecular flexibility index (Phi) is 6.14. The molecule has 3 heteroatoms. The van der Waals surface area contributed by atoms with Gasteiger partial charge in [-0.3, -0.25) is 4.90 Å². The molecule has 0 aliphatic heterocycles. The van der Waals surface area contributed by atoms with Crippen LogP contribution in [0, 0.1) is 0 Å². The molecule has 0 aliphatic rings. The van der Waals surface area contributed by atoms with Gasteiger partial charge < -0.3 is 4.42 Å². The topological polar surface area (TPSA) is 29.3 Å². The van der Waals surface area contributed by atoms with E-state index in [1.807, 2.05) is 12.3 Å². The van der Waals surface area contributed by atoms with Gasteiger partial charge in [0.25, 0.3) is 0 Å². The molecular formula is C43H28N2O. The predicted octanol–water partition coefficient (Wildman–Crippen LogP) is 12.1. The molecule has 0 spiro atoms. The van der Waals surface area contributed by atoms with E-state index in [1.165, 1.54) is 43.8 Å². The summed E-state index contributed by atoms with van der Waals surface area (Å²) in [6, 6.07) is 57.9. The van der Waals surface area contributed by atoms with Crippen LogP contribution in [-0.4, -0.2) is 4.98 Å². The Morgan fingerprint density at radius 2 is 1.02 bits per heavy atom. The number of rotatable bonds is 5. The average Bonchev–Trinajstić information content (AvgIpc) is 3.51. The summed E-state index contributed by atoms with van der Waals surface area (Å²) < 4.78 is 6.30. The van der Waals surface area contributed by atoms with Crippen molar-refractivity contribution >= 4 is 60.7 Å². The van der Waals surface area contributed by atoms with Crippen molar-refractivity contribution in [1.82, 2.24) is 4.98 Å². The summed E-state index contributed by atoms with van der Waals surface area (Å²) in [5.41, 5.74) is 8.50. The number of benzene rings is 7. The van der Waals surface area contributed by atoms with Gasteiger partial charge >= 0.3 is 0 Å². The van der Waals surface area contributed by atoms with E-state index in [2.05, 4.69) is 163 Å². The fourth-order valence-electron chi connectivity index (χ4n) is 6.59. The normalized spacial score (nSPS) is 11.5. The van der Waals surface area contributed by atoms with Crippen molar-refractivity contribution in [2.45, 2.75) is 0 Å². The molecule has 46 heavy (non-hydrogen) atoms. The lowest BCUT2D eigenvalue weighted by Crippen LogP contribution is -2.11. The molecule has 0 aliphatic carbocycles. The highest BCUT2D eigenvalue weighted by Crippen LogP contribution is 2.40. The van der Waals surface area contributed by atoms with Crippen molar-refractivity contribution in [2.75, 3.05) is 4.90 Å². The van der Waals surface area contributed by atoms with Crippen molar-refractivity contribution in [3.63, 3.8) is 0 Å². The molecule has 7 aromatic carbocycles. The summed E-state index contributed by atoms with van der Waals surface area (Å²) in [4.78, 5) is 7.22. The lowest BCUT2D eigenvalue weighted by molar-refractivity contribution is 0.667. The molecule has 0 amide bonds. The van der Waals surface area contributed by atoms with Crippen molar-refractivity contribution in [2.24, 2.45) is 0 Å². The lowest BCUT2D eigenvalue weighted by Gasteiger charge is -2.25. The van der Waals surface area contributed by atoms with Crippen molar-refractivity contribution in [1.29, 1.82) is 0 Å². The SMILES string of the molecule is c1ccc(-c2ccc(N(c3ccc4cc(-c5ccccc5)ccc4c3)c3cc4c(cn3)oc3ccc5ccccc5c34)cc2)cc1. The first kappa shape index (κ1) is 26.2. The number of hydrogen-bond acceptors (Lipinski definition) is 3. The Labute approximate surface area is 266 Å². The molecule has 2 aromatic heterocycles. The highest BCUT2D eigenvalue weighted by molar-refractivity contribution is 6.19. The monoisotopic (exact) mass is 588 g/mol. The molecule has 3 nitrogen and oxygen atoms in total. The molecule has 9 rings (SSSR count). The number of anilines is 3. The van der Waals surface area contributed by atoms with Crippen molar-refractivity contribution in [3.8, 4) is 22.3 Å². The molecule has 0 unspecified atom stereocenters. The molecule has 216 valence electrons. The van der Waals surface area contributed by atoms with Crippen LogP contribution in [0.3, 0.4) is 0 Å². The quantitative estimate of drug-likeness (QED) is 0.200. The minimum atomic E-state index is 0.779. The molecule has 0 radical (unpaired) electrons. The minimum Gasteiger partial charge on any atom is -0.454 e. The molecule has 0 bridgehead atoms. The van der Waals surface area contributed by atoms with Crippen LogP contribution in [0.4, 0.5) is 17.2 Å². The van der Waals surface area contributed by atoms with Crippen molar-refractivity contribution in [3.05, 3.63) is 170 Å². The Morgan fingerprint density at radius 1 is 0.413 bits per heavy atom. The van der Waals surface area contributed by atoms with Gasteiger partial charge in [0.05, 0.1) is 6.20 Å². The van der Waals surface area contributed by atoms with Crippen LogP contribution in [0.2, 0.25) is 0 Å². The van der Waals surface area contributed by atoms with E-state index in [-0.39, 0.29) is 0 Å². The molecule has 0 saturated heterocycles. The summed E-state index contributed by atoms with van der Waals surface area (Å²) in [6.45, 7) is 0. The van der Waals surface area contributed by atoms with Crippen LogP contribution in [0.15, 0.2) is 174 Å². The van der Waals surface area contributed by atoms with Gasteiger partial charge in [0, 0.05) is 22.1 Å². The summed E-state index contributed by atoms with van der Waals surface area (Å²) in [5, 5.41) is 6.89. The van der Waals surface area contributed by atoms with Crippen LogP contribution < -0.4 is 4.90 Å². The average molecular weight is 589 g/mol. The second-order valence-corrected chi connectivity index (χ2v) is 11.7. The predicted molar refractivity (Wildman–Crippen MR) is 192 cm³/mol. The van der Waals surface area contributed by atoms with E-state index >= 15 is 0 Å². The van der Waals surface area contributed by atoms with Crippen LogP contribution in [0.5, 0.6) is 0 Å². The van der Waals surface area contributed by atoms with Crippen LogP contribution in [0.1, 0.15) is 0 Å². The highest BCUT2D eigenvalue weighted by atomic mass is 16.3. The number of hydrogen-bond donors (Lipinski definition) is 0. The maximum Gasteiger partial charge on any atom is 0.153 e. The van der Waals surface area contributed by atoms with E-state index < -0.39 is 0 Å². The first-order chi connectivity index (χ1) is 22.8. The third-order valence-electron chi connectivity index (χ3n) is 8.88. The van der Waals surface area contributed by atoms with Gasteiger partial charge in [-0.1, -0.05) is 121 Å². The number of aromatic nitrogens is 1. The first-order valence-electron chi connectivity index (χ1n) is 15.5. The molecule has 0 N–H and O–H groups in total. The smallest absolute Gasteiger partial charge is 0.153 e. The molecule has 0 atom stereocenters. The van der Waals surface area contributed by atoms with E-state index in [0.717, 1.165) is 39.1 Å². The van der Waals surface area contributed by atoms with Gasteiger partial charge in [0.1, 0.15) is 11.4 Å². The first-order valence-corrected chi connectivity index (χ1v) is 15.5. The van der Waals surface area contributed by atoms with Gasteiger partial charge in [-0.2, -0.15) is 0 Å². The highest BCUT2D eigenvalue weighted by Gasteiger charge is 2.18. The van der Waals surface area contributed by atoms with Crippen LogP contribution in [-0.2, 0) is 0 Å². The van der Waals surface area contributed by atoms with Crippen LogP contribution >= 0.6 is 0 Å². The van der Waals surface area contributed by atoms with E-state index in [9.17, 15) is 0 Å². The number of furan rings is 1. The fraction of sp³-hybridized carbons (Fsp3) is 0. The largest absolute Gasteiger partial charge is 0.454 e. The van der Waals surface area contributed by atoms with Gasteiger partial charge in [-0.15, -0.1) is 0 Å². The standard InChI is InChI=1S/C43H28N2O/c1-3-9-29(10-4-1)31-17-21-36(22-18-31)45(37-23-19-34-25-33(15-16-35(34)26-37)30-11-5-2-6-12-30)42-27-39-41(28-44-42)46-40-24-20-32-13-7-8-14-38(32)43(39)40/h1-28H. The number of pyridine rings is 1. The fourth-order valence-corrected chi connectivity index (χ4v) is 6.59. The van der Waals surface area contributed by atoms with Crippen molar-refractivity contribution < 1.29 is 4.42 Å². The van der Waals surface area contributed by atoms with E-state index in [0.29, 0.717) is 0 Å². The number of fused-ring (bicyclic) bond motifs is 6. The maximum absolute atomic E-state index is 6.30. The third kappa shape index (κ3) is 4.49. The van der Waals surface area contributed by atoms with Crippen LogP contribution in [0.25, 0.3) is 65.7 Å². The maximum atomic E-state index is 6.30. The number of nitrogens with zero attached hydrogens (tertiary/aromatic N) is 2. The molecule has 0 saturated carbocycles. The lowest BCUT2D eigenvalue weighted by atomic mass is 10.0. The zero-order chi connectivity index (χ0) is 30.5. The van der Waals surface area contributed by atoms with Gasteiger partial charge in [-0.25, -0.2) is 4.98 Å². The summed E-state index contributed by atoms with van der Waals surface area (Å²) >= 11 is 0. The summed E-state index contributed by atoms with van der Waals surface area (Å²) in [5.74, 6) is 0.829. The third-order valence-corrected chi connectivity index (χ3v) is 8.88. The second-order valence-electron chi connectivity index (χ2n) is 11.7. The second kappa shape index (κ2) is 10.8. The zero-order valence-electron chi connectivity index (χ0n) is 25.0. The molecule has 0 fully saturated rings. The Morgan fingerprint density at radius 3 is 1.83 bits per heavy atom.